The quantitative estimate of drug-likeness (QED) is 0.639. The minimum Gasteiger partial charge on any atom is -0.294 e. The summed E-state index contributed by atoms with van der Waals surface area (Å²) in [5.41, 5.74) is 5.90. The predicted octanol–water partition coefficient (Wildman–Crippen LogP) is 4.93. The van der Waals surface area contributed by atoms with E-state index >= 15 is 0 Å². The van der Waals surface area contributed by atoms with Crippen LogP contribution in [0.4, 0.5) is 0 Å². The number of carbonyl (C=O) groups excluding carboxylic acids is 1. The molecule has 0 radical (unpaired) electrons. The summed E-state index contributed by atoms with van der Waals surface area (Å²) in [5, 5.41) is 0. The average molecular weight is 287 g/mol. The molecule has 0 spiro atoms. The van der Waals surface area contributed by atoms with E-state index in [-0.39, 0.29) is 5.78 Å². The van der Waals surface area contributed by atoms with Crippen LogP contribution < -0.4 is 0 Å². The number of pyridine rings is 1. The van der Waals surface area contributed by atoms with Gasteiger partial charge in [0.1, 0.15) is 0 Å². The second kappa shape index (κ2) is 5.94. The lowest BCUT2D eigenvalue weighted by Gasteiger charge is -2.14. The van der Waals surface area contributed by atoms with Crippen LogP contribution in [0.2, 0.25) is 0 Å². The van der Waals surface area contributed by atoms with Crippen LogP contribution in [0.15, 0.2) is 66.9 Å². The number of nitrogens with zero attached hydrogens (tertiary/aromatic N) is 1. The summed E-state index contributed by atoms with van der Waals surface area (Å²) in [6.45, 7) is 3.68. The number of hydrogen-bond acceptors (Lipinski definition) is 2. The third-order valence-electron chi connectivity index (χ3n) is 3.79. The molecule has 0 aliphatic carbocycles. The second-order valence-electron chi connectivity index (χ2n) is 5.31. The Balaban J connectivity index is 2.30. The average Bonchev–Trinajstić information content (AvgIpc) is 2.55. The molecule has 0 amide bonds. The zero-order chi connectivity index (χ0) is 15.5. The Labute approximate surface area is 130 Å². The molecule has 1 aromatic heterocycles. The van der Waals surface area contributed by atoms with Gasteiger partial charge in [0.2, 0.25) is 0 Å². The molecular weight excluding hydrogens is 270 g/mol. The molecule has 2 nitrogen and oxygen atoms in total. The van der Waals surface area contributed by atoms with Crippen LogP contribution >= 0.6 is 0 Å². The van der Waals surface area contributed by atoms with Crippen molar-refractivity contribution in [3.8, 4) is 22.4 Å². The molecule has 0 atom stereocenters. The summed E-state index contributed by atoms with van der Waals surface area (Å²) in [7, 11) is 0. The molecule has 1 heterocycles. The summed E-state index contributed by atoms with van der Waals surface area (Å²) >= 11 is 0. The van der Waals surface area contributed by atoms with Crippen LogP contribution in [-0.2, 0) is 0 Å². The summed E-state index contributed by atoms with van der Waals surface area (Å²) in [4.78, 5) is 16.4. The predicted molar refractivity (Wildman–Crippen MR) is 89.9 cm³/mol. The van der Waals surface area contributed by atoms with Crippen molar-refractivity contribution in [2.75, 3.05) is 0 Å². The Hall–Kier alpha value is -2.74. The van der Waals surface area contributed by atoms with E-state index in [4.69, 9.17) is 0 Å². The van der Waals surface area contributed by atoms with Gasteiger partial charge in [-0.25, -0.2) is 0 Å². The summed E-state index contributed by atoms with van der Waals surface area (Å²) in [6, 6.07) is 19.8. The van der Waals surface area contributed by atoms with Crippen LogP contribution in [0.25, 0.3) is 22.4 Å². The second-order valence-corrected chi connectivity index (χ2v) is 5.31. The summed E-state index contributed by atoms with van der Waals surface area (Å²) in [5.74, 6) is 0.0732. The van der Waals surface area contributed by atoms with E-state index in [1.807, 2.05) is 48.5 Å². The zero-order valence-electron chi connectivity index (χ0n) is 12.7. The number of carbonyl (C=O) groups is 1. The Morgan fingerprint density at radius 2 is 1.59 bits per heavy atom. The van der Waals surface area contributed by atoms with E-state index in [1.165, 1.54) is 0 Å². The molecular formula is C20H17NO. The van der Waals surface area contributed by atoms with E-state index in [1.54, 1.807) is 13.1 Å². The third kappa shape index (κ3) is 2.56. The maximum atomic E-state index is 12.0. The van der Waals surface area contributed by atoms with Gasteiger partial charge in [0.25, 0.3) is 0 Å². The van der Waals surface area contributed by atoms with Gasteiger partial charge in [0, 0.05) is 17.3 Å². The van der Waals surface area contributed by atoms with Crippen LogP contribution in [0.3, 0.4) is 0 Å². The van der Waals surface area contributed by atoms with Crippen molar-refractivity contribution in [1.29, 1.82) is 0 Å². The van der Waals surface area contributed by atoms with Gasteiger partial charge in [-0.1, -0.05) is 48.5 Å². The minimum atomic E-state index is 0.0732. The minimum absolute atomic E-state index is 0.0732. The van der Waals surface area contributed by atoms with Crippen LogP contribution in [0.1, 0.15) is 22.8 Å². The molecule has 3 aromatic rings. The van der Waals surface area contributed by atoms with Crippen molar-refractivity contribution in [2.45, 2.75) is 13.8 Å². The van der Waals surface area contributed by atoms with E-state index in [0.29, 0.717) is 0 Å². The Kier molecular flexibility index (Phi) is 3.84. The van der Waals surface area contributed by atoms with Crippen LogP contribution in [-0.4, -0.2) is 10.8 Å². The van der Waals surface area contributed by atoms with E-state index in [2.05, 4.69) is 24.0 Å². The maximum Gasteiger partial charge on any atom is 0.160 e. The standard InChI is InChI=1S/C20H17NO/c1-14-8-7-11-18(20(14)19-12-5-6-13-21-19)17-10-4-3-9-16(17)15(2)22/h3-13H,1-2H3. The van der Waals surface area contributed by atoms with Crippen molar-refractivity contribution >= 4 is 5.78 Å². The Morgan fingerprint density at radius 1 is 0.864 bits per heavy atom. The van der Waals surface area contributed by atoms with Crippen molar-refractivity contribution in [3.05, 3.63) is 78.0 Å². The molecule has 108 valence electrons. The van der Waals surface area contributed by atoms with Gasteiger partial charge < -0.3 is 0 Å². The molecule has 0 unspecified atom stereocenters. The first-order valence-corrected chi connectivity index (χ1v) is 7.30. The van der Waals surface area contributed by atoms with Crippen molar-refractivity contribution < 1.29 is 4.79 Å². The number of rotatable bonds is 3. The maximum absolute atomic E-state index is 12.0. The van der Waals surface area contributed by atoms with Gasteiger partial charge in [-0.15, -0.1) is 0 Å². The molecule has 0 saturated heterocycles. The first kappa shape index (κ1) is 14.2. The lowest BCUT2D eigenvalue weighted by molar-refractivity contribution is 0.101. The molecule has 0 N–H and O–H groups in total. The number of aryl methyl sites for hydroxylation is 1. The number of Topliss-reactive ketones (excluding diaryl/α,β-unsaturated/α-hetero) is 1. The van der Waals surface area contributed by atoms with E-state index in [9.17, 15) is 4.79 Å². The number of ketones is 1. The monoisotopic (exact) mass is 287 g/mol. The lowest BCUT2D eigenvalue weighted by atomic mass is 9.90. The third-order valence-corrected chi connectivity index (χ3v) is 3.79. The summed E-state index contributed by atoms with van der Waals surface area (Å²) in [6.07, 6.45) is 1.79. The normalized spacial score (nSPS) is 10.5. The van der Waals surface area contributed by atoms with E-state index < -0.39 is 0 Å². The fourth-order valence-corrected chi connectivity index (χ4v) is 2.77. The Bertz CT molecular complexity index is 822. The van der Waals surface area contributed by atoms with Crippen molar-refractivity contribution in [2.24, 2.45) is 0 Å². The van der Waals surface area contributed by atoms with E-state index in [0.717, 1.165) is 33.5 Å². The van der Waals surface area contributed by atoms with Gasteiger partial charge in [-0.3, -0.25) is 9.78 Å². The molecule has 22 heavy (non-hydrogen) atoms. The van der Waals surface area contributed by atoms with Gasteiger partial charge in [-0.2, -0.15) is 0 Å². The highest BCUT2D eigenvalue weighted by Gasteiger charge is 2.15. The zero-order valence-corrected chi connectivity index (χ0v) is 12.7. The molecule has 0 aliphatic rings. The molecule has 2 aromatic carbocycles. The van der Waals surface area contributed by atoms with Gasteiger partial charge in [-0.05, 0) is 42.7 Å². The first-order valence-electron chi connectivity index (χ1n) is 7.30. The number of benzene rings is 2. The SMILES string of the molecule is CC(=O)c1ccccc1-c1cccc(C)c1-c1ccccn1. The van der Waals surface area contributed by atoms with Crippen molar-refractivity contribution in [3.63, 3.8) is 0 Å². The fourth-order valence-electron chi connectivity index (χ4n) is 2.77. The van der Waals surface area contributed by atoms with Crippen LogP contribution in [0.5, 0.6) is 0 Å². The molecule has 2 heteroatoms. The number of aromatic nitrogens is 1. The molecule has 0 aliphatic heterocycles. The van der Waals surface area contributed by atoms with Crippen LogP contribution in [0, 0.1) is 6.92 Å². The first-order chi connectivity index (χ1) is 10.7. The topological polar surface area (TPSA) is 30.0 Å². The molecule has 0 saturated carbocycles. The highest BCUT2D eigenvalue weighted by Crippen LogP contribution is 2.35. The summed E-state index contributed by atoms with van der Waals surface area (Å²) < 4.78 is 0. The fraction of sp³-hybridized carbons (Fsp3) is 0.100. The highest BCUT2D eigenvalue weighted by molar-refractivity contribution is 6.02. The number of hydrogen-bond donors (Lipinski definition) is 0. The molecule has 0 bridgehead atoms. The molecule has 0 fully saturated rings. The van der Waals surface area contributed by atoms with Crippen molar-refractivity contribution in [1.82, 2.24) is 4.98 Å². The molecule has 3 rings (SSSR count). The van der Waals surface area contributed by atoms with Gasteiger partial charge in [0.15, 0.2) is 5.78 Å². The highest BCUT2D eigenvalue weighted by atomic mass is 16.1. The Morgan fingerprint density at radius 3 is 2.32 bits per heavy atom. The smallest absolute Gasteiger partial charge is 0.160 e. The largest absolute Gasteiger partial charge is 0.294 e. The lowest BCUT2D eigenvalue weighted by Crippen LogP contribution is -1.98. The van der Waals surface area contributed by atoms with Gasteiger partial charge in [0.05, 0.1) is 5.69 Å². The van der Waals surface area contributed by atoms with Gasteiger partial charge >= 0.3 is 0 Å².